The number of nitrogens with zero attached hydrogens (tertiary/aromatic N) is 2. The van der Waals surface area contributed by atoms with E-state index >= 15 is 0 Å². The van der Waals surface area contributed by atoms with E-state index in [0.717, 1.165) is 30.4 Å². The number of nitrogens with one attached hydrogen (secondary N) is 1. The molecule has 0 aromatic heterocycles. The molecule has 0 saturated carbocycles. The van der Waals surface area contributed by atoms with Crippen LogP contribution in [-0.2, 0) is 32.0 Å². The highest BCUT2D eigenvalue weighted by Crippen LogP contribution is 2.41. The quantitative estimate of drug-likeness (QED) is 0.107. The molecule has 0 radical (unpaired) electrons. The fraction of sp³-hybridized carbons (Fsp3) is 0.489. The Hall–Kier alpha value is -5.42. The number of likely N-dealkylation sites (N-methyl/N-ethyl adjacent to an activating group) is 1. The van der Waals surface area contributed by atoms with Crippen LogP contribution in [0.2, 0.25) is 0 Å². The van der Waals surface area contributed by atoms with Gasteiger partial charge in [-0.1, -0.05) is 44.5 Å². The maximum atomic E-state index is 14.8. The molecule has 0 aliphatic carbocycles. The highest BCUT2D eigenvalue weighted by molar-refractivity contribution is 6.01. The molecule has 60 heavy (non-hydrogen) atoms. The van der Waals surface area contributed by atoms with Crippen LogP contribution in [-0.4, -0.2) is 80.0 Å². The molecule has 1 aliphatic rings. The summed E-state index contributed by atoms with van der Waals surface area (Å²) in [6.07, 6.45) is 3.36. The Morgan fingerprint density at radius 2 is 1.60 bits per heavy atom. The number of amides is 2. The van der Waals surface area contributed by atoms with Crippen molar-refractivity contribution in [2.24, 2.45) is 29.0 Å². The summed E-state index contributed by atoms with van der Waals surface area (Å²) >= 11 is 0. The minimum absolute atomic E-state index is 0.0180. The maximum absolute atomic E-state index is 14.8. The first-order valence-electron chi connectivity index (χ1n) is 21.1. The molecule has 0 fully saturated rings. The first-order chi connectivity index (χ1) is 28.9. The van der Waals surface area contributed by atoms with Crippen LogP contribution in [0.3, 0.4) is 0 Å². The largest absolute Gasteiger partial charge is 0.492 e. The van der Waals surface area contributed by atoms with Gasteiger partial charge in [0.1, 0.15) is 30.8 Å². The number of unbranched alkanes of at least 4 members (excludes halogenated alkanes) is 1. The summed E-state index contributed by atoms with van der Waals surface area (Å²) in [6, 6.07) is 16.3. The number of ketones is 3. The Morgan fingerprint density at radius 1 is 0.917 bits per heavy atom. The van der Waals surface area contributed by atoms with Crippen molar-refractivity contribution in [3.63, 3.8) is 0 Å². The normalized spacial score (nSPS) is 17.1. The second-order valence-corrected chi connectivity index (χ2v) is 15.7. The van der Waals surface area contributed by atoms with Gasteiger partial charge in [-0.05, 0) is 98.2 Å². The molecule has 13 nitrogen and oxygen atoms in total. The first-order valence-corrected chi connectivity index (χ1v) is 21.1. The summed E-state index contributed by atoms with van der Waals surface area (Å²) in [5, 5.41) is 12.1. The third kappa shape index (κ3) is 12.5. The van der Waals surface area contributed by atoms with Crippen molar-refractivity contribution >= 4 is 29.2 Å². The van der Waals surface area contributed by atoms with E-state index in [9.17, 15) is 29.2 Å². The van der Waals surface area contributed by atoms with E-state index in [1.807, 2.05) is 37.3 Å². The van der Waals surface area contributed by atoms with Crippen LogP contribution in [0.15, 0.2) is 54.6 Å². The second kappa shape index (κ2) is 23.4. The second-order valence-electron chi connectivity index (χ2n) is 15.7. The number of hydrogen-bond acceptors (Lipinski definition) is 11. The molecule has 3 aromatic carbocycles. The number of nitriles is 1. The Labute approximate surface area is 354 Å². The fourth-order valence-corrected chi connectivity index (χ4v) is 7.64. The van der Waals surface area contributed by atoms with Gasteiger partial charge in [0.15, 0.2) is 17.3 Å². The van der Waals surface area contributed by atoms with Crippen molar-refractivity contribution < 1.29 is 33.4 Å². The van der Waals surface area contributed by atoms with Crippen LogP contribution >= 0.6 is 0 Å². The predicted molar refractivity (Wildman–Crippen MR) is 231 cm³/mol. The summed E-state index contributed by atoms with van der Waals surface area (Å²) in [4.78, 5) is 72.1. The molecule has 13 heteroatoms. The lowest BCUT2D eigenvalue weighted by Gasteiger charge is -2.32. The van der Waals surface area contributed by atoms with Gasteiger partial charge in [-0.25, -0.2) is 0 Å². The molecular formula is C47H62N6O7. The third-order valence-electron chi connectivity index (χ3n) is 11.0. The van der Waals surface area contributed by atoms with Crippen LogP contribution in [0.4, 0.5) is 0 Å². The number of nitrogens with two attached hydrogens (primary N) is 3. The molecule has 322 valence electrons. The number of carbonyl (C=O) groups excluding carboxylic acids is 5. The number of fused-ring (bicyclic) bond motifs is 5. The SMILES string of the molecule is CCCCc1ccc(C)c(C(=O)C[C@@H](CCCN)C(=O)N(C)[C@@H]2C(=O)C[C@@H](C)C(=O)N[C@H](C(=O)CCC#N)Cc3ccc(OCCN)c(c3)-c3cc2ccc3OCCN)c1. The number of benzene rings is 3. The fourth-order valence-electron chi connectivity index (χ4n) is 7.64. The highest BCUT2D eigenvalue weighted by Gasteiger charge is 2.36. The Balaban J connectivity index is 1.87. The topological polar surface area (TPSA) is 221 Å². The van der Waals surface area contributed by atoms with Gasteiger partial charge in [-0.15, -0.1) is 0 Å². The average Bonchev–Trinajstić information content (AvgIpc) is 3.24. The van der Waals surface area contributed by atoms with Crippen LogP contribution in [0.5, 0.6) is 11.5 Å². The zero-order chi connectivity index (χ0) is 43.8. The minimum atomic E-state index is -1.18. The predicted octanol–water partition coefficient (Wildman–Crippen LogP) is 5.32. The highest BCUT2D eigenvalue weighted by atomic mass is 16.5. The van der Waals surface area contributed by atoms with E-state index in [-0.39, 0.29) is 70.0 Å². The van der Waals surface area contributed by atoms with Crippen LogP contribution in [0, 0.1) is 30.1 Å². The maximum Gasteiger partial charge on any atom is 0.226 e. The van der Waals surface area contributed by atoms with Crippen LogP contribution in [0.25, 0.3) is 11.1 Å². The number of hydrogen-bond donors (Lipinski definition) is 4. The number of aryl methyl sites for hydroxylation is 2. The van der Waals surface area contributed by atoms with Crippen molar-refractivity contribution in [3.8, 4) is 28.7 Å². The molecule has 0 spiro atoms. The zero-order valence-electron chi connectivity index (χ0n) is 35.6. The molecular weight excluding hydrogens is 761 g/mol. The molecule has 7 N–H and O–H groups in total. The van der Waals surface area contributed by atoms with Gasteiger partial charge in [0.2, 0.25) is 11.8 Å². The zero-order valence-corrected chi connectivity index (χ0v) is 35.6. The first kappa shape index (κ1) is 47.3. The van der Waals surface area contributed by atoms with Crippen LogP contribution < -0.4 is 32.0 Å². The van der Waals surface area contributed by atoms with Crippen molar-refractivity contribution in [1.82, 2.24) is 10.2 Å². The lowest BCUT2D eigenvalue weighted by Crippen LogP contribution is -2.45. The summed E-state index contributed by atoms with van der Waals surface area (Å²) in [5.41, 5.74) is 22.3. The van der Waals surface area contributed by atoms with E-state index in [2.05, 4.69) is 12.2 Å². The van der Waals surface area contributed by atoms with Gasteiger partial charge in [-0.2, -0.15) is 5.26 Å². The minimum Gasteiger partial charge on any atom is -0.492 e. The molecule has 4 rings (SSSR count). The van der Waals surface area contributed by atoms with Gasteiger partial charge < -0.3 is 36.9 Å². The smallest absolute Gasteiger partial charge is 0.226 e. The van der Waals surface area contributed by atoms with Gasteiger partial charge in [-0.3, -0.25) is 24.0 Å². The number of carbonyl (C=O) groups is 5. The van der Waals surface area contributed by atoms with Crippen molar-refractivity contribution in [1.29, 1.82) is 5.26 Å². The molecule has 4 atom stereocenters. The van der Waals surface area contributed by atoms with Gasteiger partial charge >= 0.3 is 0 Å². The number of ether oxygens (including phenoxy) is 2. The molecule has 0 unspecified atom stereocenters. The summed E-state index contributed by atoms with van der Waals surface area (Å²) < 4.78 is 12.3. The van der Waals surface area contributed by atoms with Gasteiger partial charge in [0, 0.05) is 74.3 Å². The Morgan fingerprint density at radius 3 is 2.25 bits per heavy atom. The van der Waals surface area contributed by atoms with Crippen LogP contribution in [0.1, 0.15) is 104 Å². The molecule has 0 saturated heterocycles. The van der Waals surface area contributed by atoms with Gasteiger partial charge in [0.05, 0.1) is 12.1 Å². The van der Waals surface area contributed by atoms with Crippen molar-refractivity contribution in [3.05, 3.63) is 82.4 Å². The summed E-state index contributed by atoms with van der Waals surface area (Å²) in [7, 11) is 1.55. The van der Waals surface area contributed by atoms with E-state index in [1.54, 1.807) is 44.3 Å². The standard InChI is InChI=1S/C47H62N6O7/c1-5-6-9-32-13-12-30(2)36(25-32)41(55)29-35(10-7-18-48)47(58)53(4)45-34-15-17-44(60-23-21-51)38(28-34)37-26-33(14-16-43(37)59-22-20-50)27-39(40(54)11-8-19-49)52-46(57)31(3)24-42(45)56/h12-17,25-26,28,31,35,39,45H,5-11,18,20-24,27,29,48,50-51H2,1-4H3,(H,52,57)/t31-,35-,39+,45+/m1/s1. The van der Waals surface area contributed by atoms with E-state index in [0.29, 0.717) is 58.7 Å². The Kier molecular flexibility index (Phi) is 18.4. The summed E-state index contributed by atoms with van der Waals surface area (Å²) in [5.74, 6) is -2.60. The lowest BCUT2D eigenvalue weighted by molar-refractivity contribution is -0.142. The average molecular weight is 823 g/mol. The molecule has 1 heterocycles. The molecule has 1 aliphatic heterocycles. The molecule has 4 bridgehead atoms. The monoisotopic (exact) mass is 822 g/mol. The number of Topliss-reactive ketones (excluding diaryl/α,β-unsaturated/α-hetero) is 3. The number of rotatable bonds is 20. The summed E-state index contributed by atoms with van der Waals surface area (Å²) in [6.45, 7) is 6.75. The van der Waals surface area contributed by atoms with Gasteiger partial charge in [0.25, 0.3) is 0 Å². The third-order valence-corrected chi connectivity index (χ3v) is 11.0. The Bertz CT molecular complexity index is 2030. The lowest BCUT2D eigenvalue weighted by atomic mass is 9.87. The molecule has 3 aromatic rings. The molecule has 2 amide bonds. The van der Waals surface area contributed by atoms with E-state index in [1.165, 1.54) is 4.90 Å². The van der Waals surface area contributed by atoms with E-state index in [4.69, 9.17) is 26.7 Å². The van der Waals surface area contributed by atoms with Crippen molar-refractivity contribution in [2.45, 2.75) is 97.1 Å². The van der Waals surface area contributed by atoms with E-state index < -0.39 is 41.5 Å². The van der Waals surface area contributed by atoms with Crippen molar-refractivity contribution in [2.75, 3.05) is 39.9 Å².